The van der Waals surface area contributed by atoms with Crippen molar-refractivity contribution in [2.75, 3.05) is 0 Å². The lowest BCUT2D eigenvalue weighted by molar-refractivity contribution is -0.769. The van der Waals surface area contributed by atoms with E-state index in [1.54, 1.807) is 0 Å². The Morgan fingerprint density at radius 3 is 2.33 bits per heavy atom. The molecule has 0 fully saturated rings. The summed E-state index contributed by atoms with van der Waals surface area (Å²) in [5.41, 5.74) is 4.37. The Labute approximate surface area is 179 Å². The first-order chi connectivity index (χ1) is 14.2. The number of hydrogen-bond acceptors (Lipinski definition) is 2. The molecule has 2 aromatic carbocycles. The standard InChI is InChI=1S/C25H30N2O2P/c1-7-24(5)20-15-12-16-21-22(20)23-26(25(24,6)8-2)17(3)18(4)27(23)30(28,29-21)19-13-10-9-11-14-19/h9-16H,7-8H2,1-6H3/q+1. The molecule has 1 aromatic heterocycles. The summed E-state index contributed by atoms with van der Waals surface area (Å²) < 4.78 is 25.5. The van der Waals surface area contributed by atoms with Gasteiger partial charge in [0, 0.05) is 19.3 Å². The highest BCUT2D eigenvalue weighted by atomic mass is 31.2. The molecule has 0 N–H and O–H groups in total. The summed E-state index contributed by atoms with van der Waals surface area (Å²) in [6.45, 7) is 13.5. The fourth-order valence-electron chi connectivity index (χ4n) is 5.78. The topological polar surface area (TPSA) is 35.1 Å². The van der Waals surface area contributed by atoms with E-state index >= 15 is 0 Å². The maximum absolute atomic E-state index is 14.6. The Morgan fingerprint density at radius 1 is 1.00 bits per heavy atom. The Balaban J connectivity index is 1.98. The molecule has 0 aliphatic carbocycles. The van der Waals surface area contributed by atoms with Crippen LogP contribution < -0.4 is 14.4 Å². The van der Waals surface area contributed by atoms with Crippen molar-refractivity contribution in [3.63, 3.8) is 0 Å². The Morgan fingerprint density at radius 2 is 1.70 bits per heavy atom. The van der Waals surface area contributed by atoms with Crippen molar-refractivity contribution >= 4 is 12.8 Å². The van der Waals surface area contributed by atoms with Gasteiger partial charge in [0.1, 0.15) is 22.5 Å². The van der Waals surface area contributed by atoms with Crippen LogP contribution in [0.15, 0.2) is 48.5 Å². The molecule has 0 radical (unpaired) electrons. The first-order valence-corrected chi connectivity index (χ1v) is 12.5. The Kier molecular flexibility index (Phi) is 4.00. The molecule has 2 aliphatic heterocycles. The number of nitrogens with zero attached hydrogens (tertiary/aromatic N) is 2. The zero-order valence-corrected chi connectivity index (χ0v) is 19.6. The summed E-state index contributed by atoms with van der Waals surface area (Å²) in [6, 6.07) is 15.9. The molecule has 4 nitrogen and oxygen atoms in total. The van der Waals surface area contributed by atoms with Gasteiger partial charge in [0.25, 0.3) is 0 Å². The Hall–Kier alpha value is -2.32. The second kappa shape index (κ2) is 6.11. The molecule has 5 heteroatoms. The summed E-state index contributed by atoms with van der Waals surface area (Å²) in [4.78, 5) is 0. The molecular weight excluding hydrogens is 391 g/mol. The second-order valence-electron chi connectivity index (χ2n) is 9.08. The smallest absolute Gasteiger partial charge is 0.409 e. The van der Waals surface area contributed by atoms with Gasteiger partial charge in [-0.25, -0.2) is 9.13 Å². The maximum Gasteiger partial charge on any atom is 0.462 e. The predicted octanol–water partition coefficient (Wildman–Crippen LogP) is 5.63. The minimum absolute atomic E-state index is 0.0639. The van der Waals surface area contributed by atoms with Crippen LogP contribution in [-0.2, 0) is 15.5 Å². The van der Waals surface area contributed by atoms with Crippen molar-refractivity contribution in [1.29, 1.82) is 0 Å². The van der Waals surface area contributed by atoms with Gasteiger partial charge in [-0.15, -0.1) is 4.34 Å². The molecule has 3 atom stereocenters. The van der Waals surface area contributed by atoms with Gasteiger partial charge in [-0.2, -0.15) is 0 Å². The number of benzene rings is 2. The average Bonchev–Trinajstić information content (AvgIpc) is 3.04. The maximum atomic E-state index is 14.6. The number of aromatic nitrogens is 2. The number of hydrogen-bond donors (Lipinski definition) is 0. The largest absolute Gasteiger partial charge is 0.462 e. The van der Waals surface area contributed by atoms with E-state index in [2.05, 4.69) is 58.2 Å². The van der Waals surface area contributed by atoms with E-state index in [-0.39, 0.29) is 11.0 Å². The summed E-state index contributed by atoms with van der Waals surface area (Å²) >= 11 is 0. The fourth-order valence-corrected chi connectivity index (χ4v) is 8.15. The molecule has 0 saturated heterocycles. The average molecular weight is 422 g/mol. The van der Waals surface area contributed by atoms with E-state index in [9.17, 15) is 4.57 Å². The molecule has 0 bridgehead atoms. The van der Waals surface area contributed by atoms with Crippen molar-refractivity contribution in [3.8, 4) is 17.1 Å². The summed E-state index contributed by atoms with van der Waals surface area (Å²) in [5.74, 6) is 1.76. The highest BCUT2D eigenvalue weighted by molar-refractivity contribution is 7.66. The van der Waals surface area contributed by atoms with Crippen LogP contribution in [0.25, 0.3) is 11.4 Å². The van der Waals surface area contributed by atoms with E-state index in [4.69, 9.17) is 4.52 Å². The number of rotatable bonds is 3. The molecule has 0 spiro atoms. The normalized spacial score (nSPS) is 28.7. The summed E-state index contributed by atoms with van der Waals surface area (Å²) in [6.07, 6.45) is 2.00. The van der Waals surface area contributed by atoms with Crippen molar-refractivity contribution in [2.24, 2.45) is 0 Å². The van der Waals surface area contributed by atoms with Crippen molar-refractivity contribution < 1.29 is 13.7 Å². The molecule has 3 unspecified atom stereocenters. The number of imidazole rings is 1. The van der Waals surface area contributed by atoms with Crippen LogP contribution in [0.3, 0.4) is 0 Å². The first kappa shape index (κ1) is 19.6. The lowest BCUT2D eigenvalue weighted by atomic mass is 9.61. The van der Waals surface area contributed by atoms with E-state index in [0.29, 0.717) is 0 Å². The predicted molar refractivity (Wildman–Crippen MR) is 121 cm³/mol. The SMILES string of the molecule is CCC1(C)c2cccc3c2-c2n(c(C)c(C)[n+]2C1(C)CC)P(=O)(c1ccccc1)O3. The molecule has 156 valence electrons. The summed E-state index contributed by atoms with van der Waals surface area (Å²) in [7, 11) is -3.34. The Bertz CT molecular complexity index is 1230. The van der Waals surface area contributed by atoms with Crippen LogP contribution >= 0.6 is 7.52 Å². The molecule has 0 amide bonds. The lowest BCUT2D eigenvalue weighted by Gasteiger charge is -2.48. The van der Waals surface area contributed by atoms with Crippen LogP contribution in [0.5, 0.6) is 5.75 Å². The summed E-state index contributed by atoms with van der Waals surface area (Å²) in [5, 5.41) is 0.726. The van der Waals surface area contributed by atoms with E-state index in [1.165, 1.54) is 5.56 Å². The van der Waals surface area contributed by atoms with Gasteiger partial charge in [0.05, 0.1) is 5.30 Å². The zero-order chi connectivity index (χ0) is 21.5. The highest BCUT2D eigenvalue weighted by Crippen LogP contribution is 2.62. The molecule has 3 aromatic rings. The third-order valence-corrected chi connectivity index (χ3v) is 10.5. The van der Waals surface area contributed by atoms with Gasteiger partial charge < -0.3 is 4.52 Å². The quantitative estimate of drug-likeness (QED) is 0.406. The highest BCUT2D eigenvalue weighted by Gasteiger charge is 2.61. The molecular formula is C25H30N2O2P+. The minimum Gasteiger partial charge on any atom is -0.409 e. The first-order valence-electron chi connectivity index (χ1n) is 10.9. The van der Waals surface area contributed by atoms with Crippen LogP contribution in [0.4, 0.5) is 0 Å². The van der Waals surface area contributed by atoms with Crippen molar-refractivity contribution in [2.45, 2.75) is 65.3 Å². The van der Waals surface area contributed by atoms with E-state index < -0.39 is 7.52 Å². The fraction of sp³-hybridized carbons (Fsp3) is 0.400. The van der Waals surface area contributed by atoms with Gasteiger partial charge in [0.15, 0.2) is 5.69 Å². The monoisotopic (exact) mass is 421 g/mol. The van der Waals surface area contributed by atoms with Gasteiger partial charge >= 0.3 is 13.3 Å². The van der Waals surface area contributed by atoms with Crippen LogP contribution in [-0.4, -0.2) is 4.34 Å². The van der Waals surface area contributed by atoms with Crippen LogP contribution in [0.1, 0.15) is 57.5 Å². The molecule has 30 heavy (non-hydrogen) atoms. The zero-order valence-electron chi connectivity index (χ0n) is 18.7. The molecule has 0 saturated carbocycles. The van der Waals surface area contributed by atoms with E-state index in [0.717, 1.165) is 46.7 Å². The third-order valence-electron chi connectivity index (χ3n) is 8.08. The van der Waals surface area contributed by atoms with Crippen LogP contribution in [0, 0.1) is 13.8 Å². The van der Waals surface area contributed by atoms with Gasteiger partial charge in [0.2, 0.25) is 0 Å². The lowest BCUT2D eigenvalue weighted by Crippen LogP contribution is -2.68. The van der Waals surface area contributed by atoms with Gasteiger partial charge in [-0.05, 0) is 43.5 Å². The van der Waals surface area contributed by atoms with Crippen molar-refractivity contribution in [3.05, 3.63) is 65.5 Å². The molecule has 2 aliphatic rings. The van der Waals surface area contributed by atoms with Crippen LogP contribution in [0.2, 0.25) is 0 Å². The molecule has 5 rings (SSSR count). The van der Waals surface area contributed by atoms with Gasteiger partial charge in [-0.3, -0.25) is 0 Å². The second-order valence-corrected chi connectivity index (χ2v) is 11.2. The minimum atomic E-state index is -3.34. The molecule has 3 heterocycles. The van der Waals surface area contributed by atoms with Gasteiger partial charge in [-0.1, -0.05) is 51.1 Å². The van der Waals surface area contributed by atoms with E-state index in [1.807, 2.05) is 40.7 Å². The third kappa shape index (κ3) is 2.03. The van der Waals surface area contributed by atoms with Crippen molar-refractivity contribution in [1.82, 2.24) is 4.34 Å².